The molecule has 1 aromatic rings. The Bertz CT molecular complexity index is 893. The number of carbonyl (C=O) groups is 2. The normalized spacial score (nSPS) is 26.3. The van der Waals surface area contributed by atoms with E-state index in [-0.39, 0.29) is 35.1 Å². The molecule has 4 rings (SSSR count). The molecule has 1 N–H and O–H groups in total. The zero-order valence-corrected chi connectivity index (χ0v) is 18.4. The van der Waals surface area contributed by atoms with Crippen molar-refractivity contribution < 1.29 is 18.0 Å². The van der Waals surface area contributed by atoms with Gasteiger partial charge in [0.25, 0.3) is 0 Å². The fourth-order valence-corrected chi connectivity index (χ4v) is 6.54. The van der Waals surface area contributed by atoms with Crippen molar-refractivity contribution in [3.63, 3.8) is 0 Å². The Balaban J connectivity index is 1.37. The van der Waals surface area contributed by atoms with E-state index in [1.165, 1.54) is 0 Å². The highest BCUT2D eigenvalue weighted by Crippen LogP contribution is 2.30. The minimum absolute atomic E-state index is 0.0688. The maximum Gasteiger partial charge on any atom is 0.243 e. The van der Waals surface area contributed by atoms with Crippen molar-refractivity contribution in [2.45, 2.75) is 62.8 Å². The van der Waals surface area contributed by atoms with Gasteiger partial charge < -0.3 is 10.2 Å². The molecular formula is C22H31N3O4S. The topological polar surface area (TPSA) is 86.8 Å². The Morgan fingerprint density at radius 2 is 1.73 bits per heavy atom. The van der Waals surface area contributed by atoms with Gasteiger partial charge in [-0.3, -0.25) is 9.59 Å². The number of hydrogen-bond donors (Lipinski definition) is 1. The summed E-state index contributed by atoms with van der Waals surface area (Å²) < 4.78 is 27.3. The van der Waals surface area contributed by atoms with Gasteiger partial charge in [-0.05, 0) is 55.9 Å². The molecule has 1 saturated carbocycles. The standard InChI is InChI=1S/C22H31N3O4S/c1-16-5-4-12-24(14-16)30(28,29)20-10-8-18(9-11-20)23-22(27)17-13-21(26)25(15-17)19-6-2-3-7-19/h8-11,16-17,19H,2-7,12-15H2,1H3,(H,23,27)/t16-,17-/m0/s1. The Labute approximate surface area is 178 Å². The summed E-state index contributed by atoms with van der Waals surface area (Å²) in [5, 5.41) is 2.85. The number of carbonyl (C=O) groups excluding carboxylic acids is 2. The summed E-state index contributed by atoms with van der Waals surface area (Å²) in [6, 6.07) is 6.65. The average molecular weight is 434 g/mol. The third-order valence-electron chi connectivity index (χ3n) is 6.67. The molecule has 8 heteroatoms. The van der Waals surface area contributed by atoms with E-state index in [1.54, 1.807) is 28.6 Å². The van der Waals surface area contributed by atoms with Crippen molar-refractivity contribution in [1.82, 2.24) is 9.21 Å². The van der Waals surface area contributed by atoms with Crippen LogP contribution in [-0.4, -0.2) is 55.1 Å². The van der Waals surface area contributed by atoms with Gasteiger partial charge in [-0.1, -0.05) is 19.8 Å². The Morgan fingerprint density at radius 1 is 1.03 bits per heavy atom. The van der Waals surface area contributed by atoms with Crippen LogP contribution in [0, 0.1) is 11.8 Å². The van der Waals surface area contributed by atoms with Crippen LogP contribution in [0.2, 0.25) is 0 Å². The summed E-state index contributed by atoms with van der Waals surface area (Å²) in [5.74, 6) is -0.0927. The molecule has 0 unspecified atom stereocenters. The van der Waals surface area contributed by atoms with Gasteiger partial charge in [-0.15, -0.1) is 0 Å². The summed E-state index contributed by atoms with van der Waals surface area (Å²) in [6.07, 6.45) is 6.55. The van der Waals surface area contributed by atoms with E-state index < -0.39 is 10.0 Å². The molecule has 2 atom stereocenters. The molecule has 2 aliphatic heterocycles. The van der Waals surface area contributed by atoms with Gasteiger partial charge in [-0.25, -0.2) is 8.42 Å². The third-order valence-corrected chi connectivity index (χ3v) is 8.55. The third kappa shape index (κ3) is 4.39. The molecule has 0 spiro atoms. The van der Waals surface area contributed by atoms with Crippen LogP contribution in [0.1, 0.15) is 51.9 Å². The summed E-state index contributed by atoms with van der Waals surface area (Å²) in [5.41, 5.74) is 0.553. The van der Waals surface area contributed by atoms with E-state index in [9.17, 15) is 18.0 Å². The van der Waals surface area contributed by atoms with E-state index in [1.807, 2.05) is 4.90 Å². The number of hydrogen-bond acceptors (Lipinski definition) is 4. The summed E-state index contributed by atoms with van der Waals surface area (Å²) >= 11 is 0. The molecular weight excluding hydrogens is 402 g/mol. The monoisotopic (exact) mass is 433 g/mol. The first-order valence-electron chi connectivity index (χ1n) is 11.0. The zero-order chi connectivity index (χ0) is 21.3. The molecule has 2 heterocycles. The zero-order valence-electron chi connectivity index (χ0n) is 17.5. The molecule has 3 aliphatic rings. The first-order chi connectivity index (χ1) is 14.3. The van der Waals surface area contributed by atoms with Crippen LogP contribution in [0.25, 0.3) is 0 Å². The van der Waals surface area contributed by atoms with Crippen LogP contribution in [-0.2, 0) is 19.6 Å². The molecule has 1 aliphatic carbocycles. The van der Waals surface area contributed by atoms with Crippen LogP contribution >= 0.6 is 0 Å². The fraction of sp³-hybridized carbons (Fsp3) is 0.636. The van der Waals surface area contributed by atoms with Crippen molar-refractivity contribution in [3.8, 4) is 0 Å². The number of likely N-dealkylation sites (tertiary alicyclic amines) is 1. The highest BCUT2D eigenvalue weighted by Gasteiger charge is 2.38. The van der Waals surface area contributed by atoms with Gasteiger partial charge in [0, 0.05) is 37.8 Å². The van der Waals surface area contributed by atoms with Crippen LogP contribution < -0.4 is 5.32 Å². The van der Waals surface area contributed by atoms with Crippen molar-refractivity contribution in [1.29, 1.82) is 0 Å². The van der Waals surface area contributed by atoms with Crippen molar-refractivity contribution in [2.75, 3.05) is 25.0 Å². The van der Waals surface area contributed by atoms with E-state index in [2.05, 4.69) is 12.2 Å². The highest BCUT2D eigenvalue weighted by atomic mass is 32.2. The number of benzene rings is 1. The molecule has 0 radical (unpaired) electrons. The predicted octanol–water partition coefficient (Wildman–Crippen LogP) is 2.84. The van der Waals surface area contributed by atoms with Crippen LogP contribution in [0.4, 0.5) is 5.69 Å². The fourth-order valence-electron chi connectivity index (χ4n) is 4.94. The lowest BCUT2D eigenvalue weighted by molar-refractivity contribution is -0.129. The lowest BCUT2D eigenvalue weighted by atomic mass is 10.0. The molecule has 7 nitrogen and oxygen atoms in total. The largest absolute Gasteiger partial charge is 0.339 e. The molecule has 2 saturated heterocycles. The predicted molar refractivity (Wildman–Crippen MR) is 114 cm³/mol. The van der Waals surface area contributed by atoms with Gasteiger partial charge >= 0.3 is 0 Å². The molecule has 0 aromatic heterocycles. The molecule has 1 aromatic carbocycles. The summed E-state index contributed by atoms with van der Waals surface area (Å²) in [6.45, 7) is 3.66. The molecule has 2 amide bonds. The quantitative estimate of drug-likeness (QED) is 0.774. The van der Waals surface area contributed by atoms with E-state index in [4.69, 9.17) is 0 Å². The maximum absolute atomic E-state index is 12.9. The summed E-state index contributed by atoms with van der Waals surface area (Å²) in [4.78, 5) is 27.1. The van der Waals surface area contributed by atoms with Gasteiger partial charge in [0.1, 0.15) is 0 Å². The average Bonchev–Trinajstić information content (AvgIpc) is 3.38. The van der Waals surface area contributed by atoms with Gasteiger partial charge in [0.2, 0.25) is 21.8 Å². The van der Waals surface area contributed by atoms with Gasteiger partial charge in [0.05, 0.1) is 10.8 Å². The smallest absolute Gasteiger partial charge is 0.243 e. The highest BCUT2D eigenvalue weighted by molar-refractivity contribution is 7.89. The molecule has 0 bridgehead atoms. The number of sulfonamides is 1. The second-order valence-electron chi connectivity index (χ2n) is 9.01. The molecule has 30 heavy (non-hydrogen) atoms. The Kier molecular flexibility index (Phi) is 6.16. The number of anilines is 1. The first-order valence-corrected chi connectivity index (χ1v) is 12.5. The first kappa shape index (κ1) is 21.3. The van der Waals surface area contributed by atoms with Crippen LogP contribution in [0.15, 0.2) is 29.2 Å². The van der Waals surface area contributed by atoms with Crippen LogP contribution in [0.5, 0.6) is 0 Å². The van der Waals surface area contributed by atoms with Crippen molar-refractivity contribution >= 4 is 27.5 Å². The Hall–Kier alpha value is -1.93. The SMILES string of the molecule is C[C@H]1CCCN(S(=O)(=O)c2ccc(NC(=O)[C@H]3CC(=O)N(C4CCCC4)C3)cc2)C1. The minimum atomic E-state index is -3.51. The lowest BCUT2D eigenvalue weighted by Gasteiger charge is -2.30. The van der Waals surface area contributed by atoms with E-state index >= 15 is 0 Å². The summed E-state index contributed by atoms with van der Waals surface area (Å²) in [7, 11) is -3.51. The second kappa shape index (κ2) is 8.67. The molecule has 3 fully saturated rings. The second-order valence-corrected chi connectivity index (χ2v) is 10.9. The van der Waals surface area contributed by atoms with E-state index in [0.717, 1.165) is 38.5 Å². The maximum atomic E-state index is 12.9. The number of rotatable bonds is 5. The van der Waals surface area contributed by atoms with Gasteiger partial charge in [-0.2, -0.15) is 4.31 Å². The van der Waals surface area contributed by atoms with E-state index in [0.29, 0.717) is 31.2 Å². The number of nitrogens with one attached hydrogen (secondary N) is 1. The van der Waals surface area contributed by atoms with Gasteiger partial charge in [0.15, 0.2) is 0 Å². The number of piperidine rings is 1. The Morgan fingerprint density at radius 3 is 2.40 bits per heavy atom. The number of amides is 2. The lowest BCUT2D eigenvalue weighted by Crippen LogP contribution is -2.39. The number of nitrogens with zero attached hydrogens (tertiary/aromatic N) is 2. The minimum Gasteiger partial charge on any atom is -0.339 e. The van der Waals surface area contributed by atoms with Crippen LogP contribution in [0.3, 0.4) is 0 Å². The van der Waals surface area contributed by atoms with Crippen molar-refractivity contribution in [2.24, 2.45) is 11.8 Å². The molecule has 164 valence electrons. The van der Waals surface area contributed by atoms with Crippen molar-refractivity contribution in [3.05, 3.63) is 24.3 Å².